The van der Waals surface area contributed by atoms with Gasteiger partial charge in [-0.2, -0.15) is 18.4 Å². The number of hydrogen-bond donors (Lipinski definition) is 2. The Hall–Kier alpha value is -2.23. The highest BCUT2D eigenvalue weighted by Crippen LogP contribution is 2.31. The Kier molecular flexibility index (Phi) is 3.81. The Morgan fingerprint density at radius 2 is 2.11 bits per heavy atom. The average molecular weight is 258 g/mol. The van der Waals surface area contributed by atoms with Gasteiger partial charge in [0.2, 0.25) is 0 Å². The average Bonchev–Trinajstić information content (AvgIpc) is 2.27. The summed E-state index contributed by atoms with van der Waals surface area (Å²) >= 11 is 0. The maximum atomic E-state index is 12.4. The van der Waals surface area contributed by atoms with Crippen molar-refractivity contribution in [2.45, 2.75) is 19.1 Å². The highest BCUT2D eigenvalue weighted by molar-refractivity contribution is 5.77. The molecule has 0 fully saturated rings. The van der Waals surface area contributed by atoms with Crippen LogP contribution in [0.5, 0.6) is 0 Å². The fraction of sp³-hybridized carbons (Fsp3) is 0.273. The fourth-order valence-corrected chi connectivity index (χ4v) is 1.23. The number of benzene rings is 1. The summed E-state index contributed by atoms with van der Waals surface area (Å²) in [6, 6.07) is 3.10. The molecule has 2 N–H and O–H groups in total. The lowest BCUT2D eigenvalue weighted by atomic mass is 10.1. The summed E-state index contributed by atoms with van der Waals surface area (Å²) in [5.74, 6) is -1.17. The van der Waals surface area contributed by atoms with E-state index in [9.17, 15) is 18.0 Å². The van der Waals surface area contributed by atoms with Gasteiger partial charge in [0, 0.05) is 0 Å². The number of nitrogens with zero attached hydrogens (tertiary/aromatic N) is 1. The summed E-state index contributed by atoms with van der Waals surface area (Å²) in [4.78, 5) is 10.6. The fourth-order valence-electron chi connectivity index (χ4n) is 1.23. The predicted octanol–water partition coefficient (Wildman–Crippen LogP) is 2.46. The zero-order valence-corrected chi connectivity index (χ0v) is 9.25. The van der Waals surface area contributed by atoms with Gasteiger partial charge in [0.15, 0.2) is 0 Å². The minimum atomic E-state index is -4.54. The highest BCUT2D eigenvalue weighted by Gasteiger charge is 2.31. The summed E-state index contributed by atoms with van der Waals surface area (Å²) in [5.41, 5.74) is -1.15. The molecule has 0 heterocycles. The molecule has 0 aliphatic carbocycles. The van der Waals surface area contributed by atoms with E-state index in [0.29, 0.717) is 6.07 Å². The van der Waals surface area contributed by atoms with Crippen LogP contribution in [0.2, 0.25) is 0 Å². The second-order valence-corrected chi connectivity index (χ2v) is 3.57. The number of nitriles is 1. The van der Waals surface area contributed by atoms with Crippen LogP contribution < -0.4 is 5.32 Å². The minimum Gasteiger partial charge on any atom is -0.480 e. The molecule has 1 aromatic carbocycles. The van der Waals surface area contributed by atoms with Crippen LogP contribution in [0.1, 0.15) is 18.1 Å². The molecule has 0 unspecified atom stereocenters. The number of aliphatic carboxylic acids is 1. The molecule has 96 valence electrons. The van der Waals surface area contributed by atoms with Crippen LogP contribution >= 0.6 is 0 Å². The maximum Gasteiger partial charge on any atom is 0.416 e. The van der Waals surface area contributed by atoms with Crippen LogP contribution in [0.3, 0.4) is 0 Å². The zero-order chi connectivity index (χ0) is 13.9. The quantitative estimate of drug-likeness (QED) is 0.873. The van der Waals surface area contributed by atoms with Crippen molar-refractivity contribution in [3.05, 3.63) is 29.3 Å². The van der Waals surface area contributed by atoms with E-state index in [2.05, 4.69) is 5.32 Å². The number of alkyl halides is 3. The topological polar surface area (TPSA) is 73.1 Å². The molecule has 1 atom stereocenters. The lowest BCUT2D eigenvalue weighted by Crippen LogP contribution is -2.25. The van der Waals surface area contributed by atoms with Gasteiger partial charge in [0.05, 0.1) is 16.8 Å². The van der Waals surface area contributed by atoms with Crippen molar-refractivity contribution in [1.82, 2.24) is 0 Å². The monoisotopic (exact) mass is 258 g/mol. The highest BCUT2D eigenvalue weighted by atomic mass is 19.4. The lowest BCUT2D eigenvalue weighted by Gasteiger charge is -2.14. The van der Waals surface area contributed by atoms with Gasteiger partial charge in [-0.05, 0) is 25.1 Å². The summed E-state index contributed by atoms with van der Waals surface area (Å²) < 4.78 is 37.2. The number of hydrogen-bond acceptors (Lipinski definition) is 3. The molecule has 0 amide bonds. The van der Waals surface area contributed by atoms with Crippen molar-refractivity contribution in [1.29, 1.82) is 5.26 Å². The van der Waals surface area contributed by atoms with Crippen molar-refractivity contribution < 1.29 is 23.1 Å². The first-order valence-corrected chi connectivity index (χ1v) is 4.86. The van der Waals surface area contributed by atoms with Crippen LogP contribution in [0.15, 0.2) is 18.2 Å². The van der Waals surface area contributed by atoms with Crippen LogP contribution in [-0.2, 0) is 11.0 Å². The maximum absolute atomic E-state index is 12.4. The molecule has 7 heteroatoms. The van der Waals surface area contributed by atoms with Crippen molar-refractivity contribution in [3.8, 4) is 6.07 Å². The van der Waals surface area contributed by atoms with E-state index in [-0.39, 0.29) is 11.3 Å². The summed E-state index contributed by atoms with van der Waals surface area (Å²) in [7, 11) is 0. The molecular formula is C11H9F3N2O2. The van der Waals surface area contributed by atoms with Crippen molar-refractivity contribution >= 4 is 11.7 Å². The Morgan fingerprint density at radius 3 is 2.56 bits per heavy atom. The molecule has 0 aliphatic rings. The molecule has 18 heavy (non-hydrogen) atoms. The largest absolute Gasteiger partial charge is 0.480 e. The van der Waals surface area contributed by atoms with Gasteiger partial charge in [0.25, 0.3) is 0 Å². The van der Waals surface area contributed by atoms with Gasteiger partial charge in [-0.1, -0.05) is 0 Å². The van der Waals surface area contributed by atoms with Gasteiger partial charge in [-0.3, -0.25) is 4.79 Å². The summed E-state index contributed by atoms with van der Waals surface area (Å²) in [6.07, 6.45) is -4.54. The number of nitrogens with one attached hydrogen (secondary N) is 1. The van der Waals surface area contributed by atoms with E-state index in [1.165, 1.54) is 6.92 Å². The molecular weight excluding hydrogens is 249 g/mol. The molecule has 0 saturated heterocycles. The Labute approximate surface area is 101 Å². The number of carboxylic acids is 1. The molecule has 0 bridgehead atoms. The first-order chi connectivity index (χ1) is 8.25. The first-order valence-electron chi connectivity index (χ1n) is 4.86. The number of carboxylic acid groups (broad SMARTS) is 1. The molecule has 0 aromatic heterocycles. The smallest absolute Gasteiger partial charge is 0.416 e. The van der Waals surface area contributed by atoms with E-state index in [1.54, 1.807) is 6.07 Å². The van der Waals surface area contributed by atoms with E-state index >= 15 is 0 Å². The van der Waals surface area contributed by atoms with Gasteiger partial charge in [-0.15, -0.1) is 0 Å². The molecule has 0 aliphatic heterocycles. The van der Waals surface area contributed by atoms with E-state index in [0.717, 1.165) is 12.1 Å². The molecule has 1 aromatic rings. The van der Waals surface area contributed by atoms with Gasteiger partial charge >= 0.3 is 12.1 Å². The van der Waals surface area contributed by atoms with Crippen LogP contribution in [0.25, 0.3) is 0 Å². The van der Waals surface area contributed by atoms with Crippen LogP contribution in [0.4, 0.5) is 18.9 Å². The minimum absolute atomic E-state index is 0.0559. The number of rotatable bonds is 3. The number of carbonyl (C=O) groups is 1. The van der Waals surface area contributed by atoms with E-state index < -0.39 is 23.8 Å². The zero-order valence-electron chi connectivity index (χ0n) is 9.25. The second-order valence-electron chi connectivity index (χ2n) is 3.57. The third kappa shape index (κ3) is 3.13. The van der Waals surface area contributed by atoms with Gasteiger partial charge in [0.1, 0.15) is 12.1 Å². The first kappa shape index (κ1) is 13.8. The third-order valence-corrected chi connectivity index (χ3v) is 2.21. The SMILES string of the molecule is C[C@@H](Nc1ccc(C(F)(F)F)cc1C#N)C(=O)O. The molecule has 0 saturated carbocycles. The van der Waals surface area contributed by atoms with Gasteiger partial charge in [-0.25, -0.2) is 0 Å². The predicted molar refractivity (Wildman–Crippen MR) is 56.9 cm³/mol. The van der Waals surface area contributed by atoms with Gasteiger partial charge < -0.3 is 10.4 Å². The standard InChI is InChI=1S/C11H9F3N2O2/c1-6(10(17)18)16-9-3-2-8(11(12,13)14)4-7(9)5-15/h2-4,6,16H,1H3,(H,17,18)/t6-/m1/s1. The molecule has 4 nitrogen and oxygen atoms in total. The Morgan fingerprint density at radius 1 is 1.50 bits per heavy atom. The molecule has 1 rings (SSSR count). The Bertz CT molecular complexity index is 506. The third-order valence-electron chi connectivity index (χ3n) is 2.21. The number of halogens is 3. The van der Waals surface area contributed by atoms with E-state index in [1.807, 2.05) is 0 Å². The molecule has 0 radical (unpaired) electrons. The van der Waals surface area contributed by atoms with Crippen molar-refractivity contribution in [3.63, 3.8) is 0 Å². The van der Waals surface area contributed by atoms with Crippen LogP contribution in [0, 0.1) is 11.3 Å². The van der Waals surface area contributed by atoms with Crippen LogP contribution in [-0.4, -0.2) is 17.1 Å². The van der Waals surface area contributed by atoms with E-state index in [4.69, 9.17) is 10.4 Å². The normalized spacial score (nSPS) is 12.6. The van der Waals surface area contributed by atoms with Crippen molar-refractivity contribution in [2.75, 3.05) is 5.32 Å². The molecule has 0 spiro atoms. The summed E-state index contributed by atoms with van der Waals surface area (Å²) in [5, 5.41) is 19.9. The van der Waals surface area contributed by atoms with Crippen molar-refractivity contribution in [2.24, 2.45) is 0 Å². The summed E-state index contributed by atoms with van der Waals surface area (Å²) in [6.45, 7) is 1.32. The number of anilines is 1. The Balaban J connectivity index is 3.10. The second kappa shape index (κ2) is 4.96. The lowest BCUT2D eigenvalue weighted by molar-refractivity contribution is -0.138.